The Bertz CT molecular complexity index is 500. The lowest BCUT2D eigenvalue weighted by Gasteiger charge is -2.11. The molecule has 0 saturated carbocycles. The van der Waals surface area contributed by atoms with Crippen molar-refractivity contribution in [3.05, 3.63) is 22.7 Å². The van der Waals surface area contributed by atoms with E-state index in [2.05, 4.69) is 22.0 Å². The molecular formula is C12H16N4OS. The number of hydrogen-bond acceptors (Lipinski definition) is 6. The summed E-state index contributed by atoms with van der Waals surface area (Å²) in [5.41, 5.74) is 6.99. The first kappa shape index (κ1) is 11.8. The Morgan fingerprint density at radius 2 is 2.44 bits per heavy atom. The summed E-state index contributed by atoms with van der Waals surface area (Å²) < 4.78 is 5.26. The van der Waals surface area contributed by atoms with Crippen LogP contribution in [0.1, 0.15) is 12.7 Å². The van der Waals surface area contributed by atoms with Gasteiger partial charge in [-0.05, 0) is 17.4 Å². The third-order valence-corrected chi connectivity index (χ3v) is 4.03. The average Bonchev–Trinajstić information content (AvgIpc) is 3.02. The predicted octanol–water partition coefficient (Wildman–Crippen LogP) is 1.58. The maximum Gasteiger partial charge on any atom is 0.258 e. The molecule has 0 spiro atoms. The van der Waals surface area contributed by atoms with Gasteiger partial charge >= 0.3 is 0 Å². The van der Waals surface area contributed by atoms with E-state index in [0.717, 1.165) is 24.5 Å². The van der Waals surface area contributed by atoms with Gasteiger partial charge in [0.2, 0.25) is 0 Å². The average molecular weight is 264 g/mol. The summed E-state index contributed by atoms with van der Waals surface area (Å²) >= 11 is 1.62. The van der Waals surface area contributed by atoms with Gasteiger partial charge in [0.15, 0.2) is 5.82 Å². The van der Waals surface area contributed by atoms with Gasteiger partial charge in [0.1, 0.15) is 0 Å². The van der Waals surface area contributed by atoms with Gasteiger partial charge in [0.25, 0.3) is 5.89 Å². The van der Waals surface area contributed by atoms with Crippen LogP contribution in [0.2, 0.25) is 0 Å². The van der Waals surface area contributed by atoms with Crippen LogP contribution in [0.15, 0.2) is 21.3 Å². The largest absolute Gasteiger partial charge is 0.334 e. The normalized spacial score (nSPS) is 24.8. The number of thiophene rings is 1. The molecule has 0 amide bonds. The monoisotopic (exact) mass is 264 g/mol. The summed E-state index contributed by atoms with van der Waals surface area (Å²) in [6, 6.07) is 2.24. The van der Waals surface area contributed by atoms with Gasteiger partial charge in [-0.25, -0.2) is 0 Å². The fourth-order valence-corrected chi connectivity index (χ4v) is 2.88. The standard InChI is InChI=1S/C12H16N4OS/c1-8-4-16(5-10(8)13)6-11-14-12(17-15-11)9-2-3-18-7-9/h2-3,7-8,10H,4-6,13H2,1H3. The van der Waals surface area contributed by atoms with Gasteiger partial charge in [0, 0.05) is 24.5 Å². The summed E-state index contributed by atoms with van der Waals surface area (Å²) in [5, 5.41) is 8.03. The molecule has 0 radical (unpaired) electrons. The summed E-state index contributed by atoms with van der Waals surface area (Å²) in [6.45, 7) is 4.80. The molecule has 0 aliphatic carbocycles. The van der Waals surface area contributed by atoms with E-state index in [0.29, 0.717) is 18.4 Å². The highest BCUT2D eigenvalue weighted by atomic mass is 32.1. The summed E-state index contributed by atoms with van der Waals surface area (Å²) in [7, 11) is 0. The van der Waals surface area contributed by atoms with Crippen molar-refractivity contribution in [2.24, 2.45) is 11.7 Å². The molecule has 1 fully saturated rings. The first-order valence-corrected chi connectivity index (χ1v) is 7.00. The molecule has 1 saturated heterocycles. The Hall–Kier alpha value is -1.24. The van der Waals surface area contributed by atoms with E-state index in [9.17, 15) is 0 Å². The third-order valence-electron chi connectivity index (χ3n) is 3.35. The Labute approximate surface area is 110 Å². The smallest absolute Gasteiger partial charge is 0.258 e. The Morgan fingerprint density at radius 3 is 3.11 bits per heavy atom. The zero-order chi connectivity index (χ0) is 12.5. The molecule has 2 unspecified atom stereocenters. The minimum atomic E-state index is 0.258. The minimum Gasteiger partial charge on any atom is -0.334 e. The number of aromatic nitrogens is 2. The third kappa shape index (κ3) is 2.31. The highest BCUT2D eigenvalue weighted by molar-refractivity contribution is 7.08. The maximum atomic E-state index is 6.00. The van der Waals surface area contributed by atoms with Crippen molar-refractivity contribution in [2.75, 3.05) is 13.1 Å². The van der Waals surface area contributed by atoms with Crippen LogP contribution in [-0.4, -0.2) is 34.2 Å². The number of rotatable bonds is 3. The van der Waals surface area contributed by atoms with E-state index in [1.165, 1.54) is 0 Å². The van der Waals surface area contributed by atoms with Gasteiger partial charge < -0.3 is 10.3 Å². The fourth-order valence-electron chi connectivity index (χ4n) is 2.25. The lowest BCUT2D eigenvalue weighted by molar-refractivity contribution is 0.302. The lowest BCUT2D eigenvalue weighted by Crippen LogP contribution is -2.28. The van der Waals surface area contributed by atoms with Crippen LogP contribution >= 0.6 is 11.3 Å². The Balaban J connectivity index is 1.68. The molecule has 2 N–H and O–H groups in total. The second-order valence-electron chi connectivity index (χ2n) is 4.86. The highest BCUT2D eigenvalue weighted by Gasteiger charge is 2.27. The molecule has 1 aliphatic rings. The van der Waals surface area contributed by atoms with Crippen LogP contribution < -0.4 is 5.73 Å². The first-order valence-electron chi connectivity index (χ1n) is 6.05. The zero-order valence-corrected chi connectivity index (χ0v) is 11.1. The van der Waals surface area contributed by atoms with Crippen molar-refractivity contribution >= 4 is 11.3 Å². The van der Waals surface area contributed by atoms with Crippen LogP contribution in [0, 0.1) is 5.92 Å². The predicted molar refractivity (Wildman–Crippen MR) is 70.0 cm³/mol. The molecule has 1 aliphatic heterocycles. The van der Waals surface area contributed by atoms with Crippen molar-refractivity contribution in [1.82, 2.24) is 15.0 Å². The van der Waals surface area contributed by atoms with E-state index < -0.39 is 0 Å². The first-order chi connectivity index (χ1) is 8.72. The molecule has 3 heterocycles. The minimum absolute atomic E-state index is 0.258. The van der Waals surface area contributed by atoms with Gasteiger partial charge in [-0.2, -0.15) is 16.3 Å². The Kier molecular flexibility index (Phi) is 3.15. The van der Waals surface area contributed by atoms with Crippen LogP contribution in [0.5, 0.6) is 0 Å². The summed E-state index contributed by atoms with van der Waals surface area (Å²) in [4.78, 5) is 6.69. The number of likely N-dealkylation sites (tertiary alicyclic amines) is 1. The van der Waals surface area contributed by atoms with E-state index >= 15 is 0 Å². The van der Waals surface area contributed by atoms with E-state index in [4.69, 9.17) is 10.3 Å². The topological polar surface area (TPSA) is 68.2 Å². The number of nitrogens with two attached hydrogens (primary N) is 1. The molecule has 5 nitrogen and oxygen atoms in total. The lowest BCUT2D eigenvalue weighted by atomic mass is 10.1. The van der Waals surface area contributed by atoms with E-state index in [1.54, 1.807) is 11.3 Å². The molecule has 2 atom stereocenters. The zero-order valence-electron chi connectivity index (χ0n) is 10.2. The van der Waals surface area contributed by atoms with Crippen molar-refractivity contribution in [3.8, 4) is 11.5 Å². The number of nitrogens with zero attached hydrogens (tertiary/aromatic N) is 3. The van der Waals surface area contributed by atoms with Gasteiger partial charge in [-0.3, -0.25) is 4.90 Å². The van der Waals surface area contributed by atoms with Crippen molar-refractivity contribution in [1.29, 1.82) is 0 Å². The molecule has 0 aromatic carbocycles. The Morgan fingerprint density at radius 1 is 1.56 bits per heavy atom. The molecule has 2 aromatic heterocycles. The molecule has 96 valence electrons. The second kappa shape index (κ2) is 4.79. The molecule has 0 bridgehead atoms. The molecule has 2 aromatic rings. The van der Waals surface area contributed by atoms with Crippen LogP contribution in [0.4, 0.5) is 0 Å². The second-order valence-corrected chi connectivity index (χ2v) is 5.64. The molecule has 6 heteroatoms. The molecule has 18 heavy (non-hydrogen) atoms. The van der Waals surface area contributed by atoms with Crippen molar-refractivity contribution < 1.29 is 4.52 Å². The summed E-state index contributed by atoms with van der Waals surface area (Å²) in [6.07, 6.45) is 0. The quantitative estimate of drug-likeness (QED) is 0.911. The van der Waals surface area contributed by atoms with Gasteiger partial charge in [-0.1, -0.05) is 12.1 Å². The number of hydrogen-bond donors (Lipinski definition) is 1. The van der Waals surface area contributed by atoms with Crippen LogP contribution in [0.25, 0.3) is 11.5 Å². The highest BCUT2D eigenvalue weighted by Crippen LogP contribution is 2.21. The fraction of sp³-hybridized carbons (Fsp3) is 0.500. The van der Waals surface area contributed by atoms with Crippen LogP contribution in [-0.2, 0) is 6.54 Å². The van der Waals surface area contributed by atoms with E-state index in [1.807, 2.05) is 16.8 Å². The van der Waals surface area contributed by atoms with Crippen molar-refractivity contribution in [3.63, 3.8) is 0 Å². The maximum absolute atomic E-state index is 6.00. The van der Waals surface area contributed by atoms with Gasteiger partial charge in [0.05, 0.1) is 12.1 Å². The van der Waals surface area contributed by atoms with Crippen molar-refractivity contribution in [2.45, 2.75) is 19.5 Å². The summed E-state index contributed by atoms with van der Waals surface area (Å²) in [5.74, 6) is 1.87. The van der Waals surface area contributed by atoms with Gasteiger partial charge in [-0.15, -0.1) is 0 Å². The SMILES string of the molecule is CC1CN(Cc2noc(-c3ccsc3)n2)CC1N. The molecular weight excluding hydrogens is 248 g/mol. The molecule has 3 rings (SSSR count). The van der Waals surface area contributed by atoms with Crippen LogP contribution in [0.3, 0.4) is 0 Å². The van der Waals surface area contributed by atoms with E-state index in [-0.39, 0.29) is 6.04 Å².